The average Bonchev–Trinajstić information content (AvgIpc) is 1.81. The highest BCUT2D eigenvalue weighted by atomic mass is 32.2. The first-order valence-electron chi connectivity index (χ1n) is 3.01. The van der Waals surface area contributed by atoms with Gasteiger partial charge in [-0.1, -0.05) is 6.08 Å². The van der Waals surface area contributed by atoms with Crippen molar-refractivity contribution in [3.63, 3.8) is 0 Å². The van der Waals surface area contributed by atoms with Crippen molar-refractivity contribution >= 4 is 11.4 Å². The van der Waals surface area contributed by atoms with Crippen LogP contribution in [-0.4, -0.2) is 21.2 Å². The maximum Gasteiger partial charge on any atom is 0.177 e. The van der Waals surface area contributed by atoms with Gasteiger partial charge >= 0.3 is 0 Å². The van der Waals surface area contributed by atoms with Crippen molar-refractivity contribution in [2.24, 2.45) is 0 Å². The predicted molar refractivity (Wildman–Crippen MR) is 40.2 cm³/mol. The van der Waals surface area contributed by atoms with Gasteiger partial charge in [-0.3, -0.25) is 4.18 Å². The molecule has 0 aromatic rings. The number of hydrogen-bond acceptors (Lipinski definition) is 4. The number of rotatable bonds is 5. The Morgan fingerprint density at radius 2 is 2.27 bits per heavy atom. The van der Waals surface area contributed by atoms with E-state index in [1.165, 1.54) is 19.9 Å². The molecule has 66 valence electrons. The molecule has 0 aromatic carbocycles. The molecule has 4 nitrogen and oxygen atoms in total. The van der Waals surface area contributed by atoms with Gasteiger partial charge in [0.1, 0.15) is 0 Å². The molecule has 1 atom stereocenters. The van der Waals surface area contributed by atoms with Crippen LogP contribution in [0.25, 0.3) is 0 Å². The summed E-state index contributed by atoms with van der Waals surface area (Å²) in [7, 11) is 0. The van der Waals surface area contributed by atoms with Gasteiger partial charge in [-0.15, -0.1) is 6.58 Å². The summed E-state index contributed by atoms with van der Waals surface area (Å²) in [5.74, 6) is -1.11. The van der Waals surface area contributed by atoms with Crippen LogP contribution in [0.15, 0.2) is 12.7 Å². The monoisotopic (exact) mass is 179 g/mol. The van der Waals surface area contributed by atoms with E-state index in [0.717, 1.165) is 0 Å². The van der Waals surface area contributed by atoms with Crippen LogP contribution in [0.2, 0.25) is 0 Å². The number of hydrogen-bond donors (Lipinski definition) is 0. The summed E-state index contributed by atoms with van der Waals surface area (Å²) >= 11 is -2.55. The first-order chi connectivity index (χ1) is 4.98. The minimum atomic E-state index is -2.55. The SMILES string of the molecule is C=CCOC(C)(C)OS(=O)[O-]. The summed E-state index contributed by atoms with van der Waals surface area (Å²) in [6, 6.07) is 0. The van der Waals surface area contributed by atoms with E-state index < -0.39 is 17.1 Å². The van der Waals surface area contributed by atoms with E-state index in [1.807, 2.05) is 0 Å². The van der Waals surface area contributed by atoms with Crippen LogP contribution in [0.4, 0.5) is 0 Å². The molecule has 0 saturated heterocycles. The van der Waals surface area contributed by atoms with Crippen molar-refractivity contribution in [2.45, 2.75) is 19.6 Å². The molecule has 11 heavy (non-hydrogen) atoms. The summed E-state index contributed by atoms with van der Waals surface area (Å²) in [6.45, 7) is 6.68. The molecule has 0 heterocycles. The zero-order valence-electron chi connectivity index (χ0n) is 6.53. The minimum Gasteiger partial charge on any atom is -0.750 e. The van der Waals surface area contributed by atoms with Crippen molar-refractivity contribution in [3.8, 4) is 0 Å². The van der Waals surface area contributed by atoms with Crippen LogP contribution in [0, 0.1) is 0 Å². The maximum absolute atomic E-state index is 10.1. The van der Waals surface area contributed by atoms with Gasteiger partial charge in [0.05, 0.1) is 18.0 Å². The molecule has 0 N–H and O–H groups in total. The Bertz CT molecular complexity index is 155. The fraction of sp³-hybridized carbons (Fsp3) is 0.667. The predicted octanol–water partition coefficient (Wildman–Crippen LogP) is 0.736. The minimum absolute atomic E-state index is 0.254. The Labute approximate surface area is 68.7 Å². The summed E-state index contributed by atoms with van der Waals surface area (Å²) in [5.41, 5.74) is 0. The lowest BCUT2D eigenvalue weighted by molar-refractivity contribution is -0.144. The molecule has 0 aromatic heterocycles. The third-order valence-corrected chi connectivity index (χ3v) is 1.35. The van der Waals surface area contributed by atoms with Gasteiger partial charge in [-0.05, 0) is 13.8 Å². The van der Waals surface area contributed by atoms with Gasteiger partial charge in [0, 0.05) is 0 Å². The van der Waals surface area contributed by atoms with Crippen LogP contribution in [0.3, 0.4) is 0 Å². The lowest BCUT2D eigenvalue weighted by atomic mass is 10.4. The molecule has 0 aliphatic rings. The number of ether oxygens (including phenoxy) is 1. The van der Waals surface area contributed by atoms with Crippen LogP contribution in [0.1, 0.15) is 13.8 Å². The molecule has 0 rings (SSSR count). The third kappa shape index (κ3) is 6.18. The standard InChI is InChI=1S/C6H12O4S/c1-4-5-9-6(2,3)10-11(7)8/h4H,1,5H2,2-3H3,(H,7,8)/p-1. The molecular weight excluding hydrogens is 168 g/mol. The maximum atomic E-state index is 10.1. The van der Waals surface area contributed by atoms with Gasteiger partial charge in [0.25, 0.3) is 0 Å². The average molecular weight is 179 g/mol. The smallest absolute Gasteiger partial charge is 0.177 e. The van der Waals surface area contributed by atoms with E-state index in [0.29, 0.717) is 0 Å². The van der Waals surface area contributed by atoms with E-state index >= 15 is 0 Å². The van der Waals surface area contributed by atoms with Crippen molar-refractivity contribution in [1.29, 1.82) is 0 Å². The lowest BCUT2D eigenvalue weighted by Crippen LogP contribution is -2.29. The fourth-order valence-corrected chi connectivity index (χ4v) is 0.823. The third-order valence-electron chi connectivity index (χ3n) is 0.818. The Morgan fingerprint density at radius 3 is 2.64 bits per heavy atom. The topological polar surface area (TPSA) is 58.6 Å². The normalized spacial score (nSPS) is 14.5. The van der Waals surface area contributed by atoms with E-state index in [1.54, 1.807) is 0 Å². The highest BCUT2D eigenvalue weighted by molar-refractivity contribution is 7.74. The lowest BCUT2D eigenvalue weighted by Gasteiger charge is -2.24. The Kier molecular flexibility index (Phi) is 4.51. The molecule has 0 aliphatic heterocycles. The van der Waals surface area contributed by atoms with Crippen LogP contribution in [-0.2, 0) is 20.3 Å². The van der Waals surface area contributed by atoms with E-state index in [9.17, 15) is 8.76 Å². The zero-order chi connectivity index (χ0) is 8.91. The van der Waals surface area contributed by atoms with E-state index in [-0.39, 0.29) is 6.61 Å². The fourth-order valence-electron chi connectivity index (χ4n) is 0.448. The van der Waals surface area contributed by atoms with Crippen molar-refractivity contribution in [1.82, 2.24) is 0 Å². The van der Waals surface area contributed by atoms with Gasteiger partial charge < -0.3 is 9.29 Å². The molecule has 1 unspecified atom stereocenters. The molecule has 0 amide bonds. The van der Waals surface area contributed by atoms with Crippen molar-refractivity contribution < 1.29 is 17.7 Å². The van der Waals surface area contributed by atoms with E-state index in [2.05, 4.69) is 10.8 Å². The van der Waals surface area contributed by atoms with Gasteiger partial charge in [-0.25, -0.2) is 4.21 Å². The molecule has 0 saturated carbocycles. The summed E-state index contributed by atoms with van der Waals surface area (Å²) < 4.78 is 29.4. The molecule has 5 heteroatoms. The second kappa shape index (κ2) is 4.61. The first-order valence-corrected chi connectivity index (χ1v) is 4.01. The summed E-state index contributed by atoms with van der Waals surface area (Å²) in [6.07, 6.45) is 1.51. The van der Waals surface area contributed by atoms with Crippen molar-refractivity contribution in [2.75, 3.05) is 6.61 Å². The first kappa shape index (κ1) is 10.8. The Balaban J connectivity index is 3.78. The van der Waals surface area contributed by atoms with Crippen LogP contribution >= 0.6 is 0 Å². The summed E-state index contributed by atoms with van der Waals surface area (Å²) in [5, 5.41) is 0. The zero-order valence-corrected chi connectivity index (χ0v) is 7.35. The molecule has 0 bridgehead atoms. The molecular formula is C6H11O4S-. The van der Waals surface area contributed by atoms with Crippen molar-refractivity contribution in [3.05, 3.63) is 12.7 Å². The highest BCUT2D eigenvalue weighted by Crippen LogP contribution is 2.11. The molecule has 0 fully saturated rings. The van der Waals surface area contributed by atoms with Gasteiger partial charge in [-0.2, -0.15) is 0 Å². The molecule has 0 spiro atoms. The highest BCUT2D eigenvalue weighted by Gasteiger charge is 2.18. The Hall–Kier alpha value is -0.230. The quantitative estimate of drug-likeness (QED) is 0.355. The second-order valence-corrected chi connectivity index (χ2v) is 2.86. The summed E-state index contributed by atoms with van der Waals surface area (Å²) in [4.78, 5) is 0. The van der Waals surface area contributed by atoms with Gasteiger partial charge in [0.15, 0.2) is 5.79 Å². The largest absolute Gasteiger partial charge is 0.750 e. The molecule has 0 radical (unpaired) electrons. The second-order valence-electron chi connectivity index (χ2n) is 2.29. The van der Waals surface area contributed by atoms with Gasteiger partial charge in [0.2, 0.25) is 0 Å². The van der Waals surface area contributed by atoms with Crippen LogP contribution < -0.4 is 0 Å². The van der Waals surface area contributed by atoms with E-state index in [4.69, 9.17) is 4.74 Å². The van der Waals surface area contributed by atoms with Crippen LogP contribution in [0.5, 0.6) is 0 Å². The molecule has 0 aliphatic carbocycles. The Morgan fingerprint density at radius 1 is 1.73 bits per heavy atom.